The Labute approximate surface area is 106 Å². The van der Waals surface area contributed by atoms with Crippen LogP contribution in [0, 0.1) is 18.8 Å². The van der Waals surface area contributed by atoms with Gasteiger partial charge in [-0.3, -0.25) is 0 Å². The molecule has 1 aromatic rings. The molecule has 2 rings (SSSR count). The molecule has 88 valence electrons. The van der Waals surface area contributed by atoms with Gasteiger partial charge in [0.15, 0.2) is 0 Å². The van der Waals surface area contributed by atoms with Gasteiger partial charge in [0.05, 0.1) is 7.11 Å². The Bertz CT molecular complexity index is 371. The topological polar surface area (TPSA) is 9.23 Å². The van der Waals surface area contributed by atoms with Crippen molar-refractivity contribution in [1.82, 2.24) is 0 Å². The summed E-state index contributed by atoms with van der Waals surface area (Å²) in [4.78, 5) is 0.478. The summed E-state index contributed by atoms with van der Waals surface area (Å²) in [7, 11) is 1.72. The SMILES string of the molecule is COc1ccc(C(Br)C(C)C2CC2)c(C)c1. The second-order valence-electron chi connectivity index (χ2n) is 4.82. The fourth-order valence-corrected chi connectivity index (χ4v) is 3.17. The molecule has 0 spiro atoms. The number of methoxy groups -OCH3 is 1. The van der Waals surface area contributed by atoms with Gasteiger partial charge in [-0.25, -0.2) is 0 Å². The van der Waals surface area contributed by atoms with Gasteiger partial charge in [-0.2, -0.15) is 0 Å². The third kappa shape index (κ3) is 2.42. The summed E-state index contributed by atoms with van der Waals surface area (Å²) in [5.74, 6) is 2.60. The molecule has 0 bridgehead atoms. The fourth-order valence-electron chi connectivity index (χ4n) is 2.23. The van der Waals surface area contributed by atoms with Gasteiger partial charge in [0.2, 0.25) is 0 Å². The minimum Gasteiger partial charge on any atom is -0.497 e. The van der Waals surface area contributed by atoms with Crippen molar-refractivity contribution in [1.29, 1.82) is 0 Å². The monoisotopic (exact) mass is 282 g/mol. The average molecular weight is 283 g/mol. The summed E-state index contributed by atoms with van der Waals surface area (Å²) in [5.41, 5.74) is 2.72. The third-order valence-corrected chi connectivity index (χ3v) is 4.93. The number of ether oxygens (including phenoxy) is 1. The molecule has 2 heteroatoms. The van der Waals surface area contributed by atoms with Crippen LogP contribution in [-0.4, -0.2) is 7.11 Å². The zero-order valence-corrected chi connectivity index (χ0v) is 11.8. The van der Waals surface area contributed by atoms with Crippen LogP contribution in [0.4, 0.5) is 0 Å². The molecule has 0 heterocycles. The number of benzene rings is 1. The molecule has 2 unspecified atom stereocenters. The number of hydrogen-bond acceptors (Lipinski definition) is 1. The minimum absolute atomic E-state index is 0.478. The lowest BCUT2D eigenvalue weighted by atomic mass is 9.94. The van der Waals surface area contributed by atoms with Crippen molar-refractivity contribution < 1.29 is 4.74 Å². The van der Waals surface area contributed by atoms with Crippen LogP contribution in [-0.2, 0) is 0 Å². The van der Waals surface area contributed by atoms with Crippen LogP contribution in [0.1, 0.15) is 35.7 Å². The number of aryl methyl sites for hydroxylation is 1. The van der Waals surface area contributed by atoms with E-state index in [1.54, 1.807) is 7.11 Å². The molecule has 0 saturated heterocycles. The number of halogens is 1. The van der Waals surface area contributed by atoms with Gasteiger partial charge in [-0.15, -0.1) is 0 Å². The first-order valence-corrected chi connectivity index (χ1v) is 6.83. The van der Waals surface area contributed by atoms with Crippen molar-refractivity contribution in [3.8, 4) is 5.75 Å². The van der Waals surface area contributed by atoms with E-state index in [1.807, 2.05) is 0 Å². The first kappa shape index (κ1) is 12.0. The van der Waals surface area contributed by atoms with Crippen LogP contribution in [0.25, 0.3) is 0 Å². The molecular weight excluding hydrogens is 264 g/mol. The Morgan fingerprint density at radius 3 is 2.56 bits per heavy atom. The molecule has 1 fully saturated rings. The maximum Gasteiger partial charge on any atom is 0.119 e. The summed E-state index contributed by atoms with van der Waals surface area (Å²) in [6.07, 6.45) is 2.80. The van der Waals surface area contributed by atoms with Gasteiger partial charge in [-0.1, -0.05) is 28.9 Å². The Hall–Kier alpha value is -0.500. The summed E-state index contributed by atoms with van der Waals surface area (Å²) in [6.45, 7) is 4.51. The van der Waals surface area contributed by atoms with Crippen LogP contribution < -0.4 is 4.74 Å². The fraction of sp³-hybridized carbons (Fsp3) is 0.571. The van der Waals surface area contributed by atoms with E-state index >= 15 is 0 Å². The van der Waals surface area contributed by atoms with Crippen LogP contribution >= 0.6 is 15.9 Å². The van der Waals surface area contributed by atoms with Crippen LogP contribution in [0.15, 0.2) is 18.2 Å². The van der Waals surface area contributed by atoms with Crippen molar-refractivity contribution in [3.63, 3.8) is 0 Å². The van der Waals surface area contributed by atoms with Gasteiger partial charge in [0, 0.05) is 4.83 Å². The second-order valence-corrected chi connectivity index (χ2v) is 5.81. The van der Waals surface area contributed by atoms with Gasteiger partial charge in [0.25, 0.3) is 0 Å². The second kappa shape index (κ2) is 4.79. The van der Waals surface area contributed by atoms with E-state index in [2.05, 4.69) is 48.0 Å². The van der Waals surface area contributed by atoms with E-state index in [-0.39, 0.29) is 0 Å². The molecule has 0 aliphatic heterocycles. The first-order valence-electron chi connectivity index (χ1n) is 5.92. The zero-order valence-electron chi connectivity index (χ0n) is 10.2. The van der Waals surface area contributed by atoms with E-state index in [1.165, 1.54) is 24.0 Å². The van der Waals surface area contributed by atoms with Crippen molar-refractivity contribution in [3.05, 3.63) is 29.3 Å². The average Bonchev–Trinajstić information content (AvgIpc) is 3.10. The maximum absolute atomic E-state index is 5.23. The summed E-state index contributed by atoms with van der Waals surface area (Å²) < 4.78 is 5.23. The van der Waals surface area contributed by atoms with Crippen LogP contribution in [0.2, 0.25) is 0 Å². The largest absolute Gasteiger partial charge is 0.497 e. The van der Waals surface area contributed by atoms with E-state index in [0.29, 0.717) is 4.83 Å². The minimum atomic E-state index is 0.478. The standard InChI is InChI=1S/C14H19BrO/c1-9-8-12(16-3)6-7-13(9)14(15)10(2)11-4-5-11/h6-8,10-11,14H,4-5H2,1-3H3. The Morgan fingerprint density at radius 2 is 2.06 bits per heavy atom. The molecule has 1 aliphatic carbocycles. The highest BCUT2D eigenvalue weighted by Crippen LogP contribution is 2.46. The van der Waals surface area contributed by atoms with Crippen LogP contribution in [0.3, 0.4) is 0 Å². The van der Waals surface area contributed by atoms with Crippen molar-refractivity contribution in [2.45, 2.75) is 31.5 Å². The highest BCUT2D eigenvalue weighted by atomic mass is 79.9. The van der Waals surface area contributed by atoms with Crippen molar-refractivity contribution in [2.75, 3.05) is 7.11 Å². The Balaban J connectivity index is 2.18. The number of rotatable bonds is 4. The molecule has 16 heavy (non-hydrogen) atoms. The van der Waals surface area contributed by atoms with E-state index in [4.69, 9.17) is 4.74 Å². The Kier molecular flexibility index (Phi) is 3.58. The number of alkyl halides is 1. The number of hydrogen-bond donors (Lipinski definition) is 0. The van der Waals surface area contributed by atoms with Crippen molar-refractivity contribution in [2.24, 2.45) is 11.8 Å². The van der Waals surface area contributed by atoms with Gasteiger partial charge < -0.3 is 4.74 Å². The summed E-state index contributed by atoms with van der Waals surface area (Å²) in [5, 5.41) is 0. The highest BCUT2D eigenvalue weighted by molar-refractivity contribution is 9.09. The summed E-state index contributed by atoms with van der Waals surface area (Å²) in [6, 6.07) is 6.35. The maximum atomic E-state index is 5.23. The molecule has 0 radical (unpaired) electrons. The predicted octanol–water partition coefficient (Wildman–Crippen LogP) is 4.49. The molecule has 0 N–H and O–H groups in total. The molecule has 0 amide bonds. The summed E-state index contributed by atoms with van der Waals surface area (Å²) >= 11 is 3.85. The van der Waals surface area contributed by atoms with Crippen molar-refractivity contribution >= 4 is 15.9 Å². The predicted molar refractivity (Wildman–Crippen MR) is 71.3 cm³/mol. The quantitative estimate of drug-likeness (QED) is 0.740. The van der Waals surface area contributed by atoms with E-state index in [9.17, 15) is 0 Å². The smallest absolute Gasteiger partial charge is 0.119 e. The van der Waals surface area contributed by atoms with Crippen LogP contribution in [0.5, 0.6) is 5.75 Å². The first-order chi connectivity index (χ1) is 7.63. The lowest BCUT2D eigenvalue weighted by Crippen LogP contribution is -2.07. The molecular formula is C14H19BrO. The molecule has 1 nitrogen and oxygen atoms in total. The zero-order chi connectivity index (χ0) is 11.7. The molecule has 0 aromatic heterocycles. The molecule has 1 saturated carbocycles. The lowest BCUT2D eigenvalue weighted by Gasteiger charge is -2.20. The lowest BCUT2D eigenvalue weighted by molar-refractivity contribution is 0.414. The van der Waals surface area contributed by atoms with Gasteiger partial charge >= 0.3 is 0 Å². The van der Waals surface area contributed by atoms with Gasteiger partial charge in [-0.05, 0) is 54.9 Å². The third-order valence-electron chi connectivity index (χ3n) is 3.60. The van der Waals surface area contributed by atoms with E-state index in [0.717, 1.165) is 17.6 Å². The molecule has 2 atom stereocenters. The Morgan fingerprint density at radius 1 is 1.38 bits per heavy atom. The normalized spacial score (nSPS) is 19.2. The molecule has 1 aliphatic rings. The molecule has 1 aromatic carbocycles. The highest BCUT2D eigenvalue weighted by Gasteiger charge is 2.33. The van der Waals surface area contributed by atoms with Gasteiger partial charge in [0.1, 0.15) is 5.75 Å². The van der Waals surface area contributed by atoms with E-state index < -0.39 is 0 Å².